The van der Waals surface area contributed by atoms with E-state index in [2.05, 4.69) is 36.4 Å². The van der Waals surface area contributed by atoms with Gasteiger partial charge in [-0.25, -0.2) is 10.4 Å². The van der Waals surface area contributed by atoms with Crippen molar-refractivity contribution in [3.05, 3.63) is 104 Å². The predicted molar refractivity (Wildman–Crippen MR) is 142 cm³/mol. The second kappa shape index (κ2) is 11.8. The molecule has 8 nitrogen and oxygen atoms in total. The molecule has 180 valence electrons. The smallest absolute Gasteiger partial charge is 0.270 e. The number of hydrogen-bond donors (Lipinski definition) is 2. The van der Waals surface area contributed by atoms with E-state index in [9.17, 15) is 10.1 Å². The number of aromatic nitrogens is 2. The van der Waals surface area contributed by atoms with Crippen molar-refractivity contribution in [3.8, 4) is 28.8 Å². The number of rotatable bonds is 9. The Morgan fingerprint density at radius 3 is 2.58 bits per heavy atom. The van der Waals surface area contributed by atoms with Gasteiger partial charge in [0.25, 0.3) is 5.56 Å². The lowest BCUT2D eigenvalue weighted by Gasteiger charge is -2.12. The monoisotopic (exact) mass is 543 g/mol. The van der Waals surface area contributed by atoms with Crippen molar-refractivity contribution >= 4 is 28.1 Å². The normalized spacial score (nSPS) is 10.7. The zero-order valence-corrected chi connectivity index (χ0v) is 21.0. The van der Waals surface area contributed by atoms with Gasteiger partial charge in [0.15, 0.2) is 11.5 Å². The van der Waals surface area contributed by atoms with E-state index in [1.807, 2.05) is 73.7 Å². The summed E-state index contributed by atoms with van der Waals surface area (Å²) in [6, 6.07) is 24.3. The highest BCUT2D eigenvalue weighted by Crippen LogP contribution is 2.29. The summed E-state index contributed by atoms with van der Waals surface area (Å²) in [6.07, 6.45) is 1.57. The lowest BCUT2D eigenvalue weighted by Crippen LogP contribution is -2.16. The first-order valence-electron chi connectivity index (χ1n) is 11.1. The van der Waals surface area contributed by atoms with Crippen LogP contribution in [0.2, 0.25) is 0 Å². The molecule has 0 fully saturated rings. The van der Waals surface area contributed by atoms with E-state index in [4.69, 9.17) is 9.47 Å². The number of anilines is 1. The fourth-order valence-electron chi connectivity index (χ4n) is 3.34. The molecule has 0 saturated carbocycles. The van der Waals surface area contributed by atoms with E-state index in [1.54, 1.807) is 18.3 Å². The van der Waals surface area contributed by atoms with E-state index in [0.717, 1.165) is 15.6 Å². The molecule has 0 bridgehead atoms. The molecule has 0 saturated heterocycles. The summed E-state index contributed by atoms with van der Waals surface area (Å²) in [5.74, 6) is 1.33. The fourth-order valence-corrected chi connectivity index (χ4v) is 3.60. The van der Waals surface area contributed by atoms with Crippen molar-refractivity contribution in [2.45, 2.75) is 13.5 Å². The minimum atomic E-state index is -0.546. The van der Waals surface area contributed by atoms with Gasteiger partial charge >= 0.3 is 0 Å². The Kier molecular flexibility index (Phi) is 8.11. The molecule has 36 heavy (non-hydrogen) atoms. The van der Waals surface area contributed by atoms with Crippen molar-refractivity contribution in [3.63, 3.8) is 0 Å². The Morgan fingerprint density at radius 1 is 1.08 bits per heavy atom. The van der Waals surface area contributed by atoms with Gasteiger partial charge in [-0.15, -0.1) is 0 Å². The zero-order chi connectivity index (χ0) is 25.3. The number of hydrogen-bond acceptors (Lipinski definition) is 7. The molecular weight excluding hydrogens is 522 g/mol. The van der Waals surface area contributed by atoms with E-state index in [1.165, 1.54) is 0 Å². The van der Waals surface area contributed by atoms with Crippen LogP contribution in [0.4, 0.5) is 5.95 Å². The Balaban J connectivity index is 1.50. The average molecular weight is 544 g/mol. The van der Waals surface area contributed by atoms with Crippen molar-refractivity contribution in [1.82, 2.24) is 9.97 Å². The van der Waals surface area contributed by atoms with Gasteiger partial charge in [-0.1, -0.05) is 58.4 Å². The maximum absolute atomic E-state index is 12.4. The van der Waals surface area contributed by atoms with E-state index in [0.29, 0.717) is 30.3 Å². The molecule has 4 rings (SSSR count). The molecule has 2 N–H and O–H groups in total. The summed E-state index contributed by atoms with van der Waals surface area (Å²) < 4.78 is 12.7. The molecule has 3 aromatic carbocycles. The molecule has 1 aromatic heterocycles. The topological polar surface area (TPSA) is 112 Å². The summed E-state index contributed by atoms with van der Waals surface area (Å²) in [6.45, 7) is 2.79. The van der Waals surface area contributed by atoms with Gasteiger partial charge in [0.2, 0.25) is 5.95 Å². The molecule has 0 aliphatic carbocycles. The lowest BCUT2D eigenvalue weighted by molar-refractivity contribution is 0.269. The number of ether oxygens (including phenoxy) is 2. The van der Waals surface area contributed by atoms with Gasteiger partial charge in [-0.05, 0) is 48.4 Å². The van der Waals surface area contributed by atoms with Gasteiger partial charge < -0.3 is 9.47 Å². The molecule has 0 spiro atoms. The van der Waals surface area contributed by atoms with E-state index < -0.39 is 5.56 Å². The number of nitrogens with one attached hydrogen (secondary N) is 2. The maximum Gasteiger partial charge on any atom is 0.270 e. The number of nitrogens with zero attached hydrogens (tertiary/aromatic N) is 3. The van der Waals surface area contributed by atoms with Crippen LogP contribution in [-0.2, 0) is 6.61 Å². The third-order valence-electron chi connectivity index (χ3n) is 5.04. The second-order valence-electron chi connectivity index (χ2n) is 7.54. The van der Waals surface area contributed by atoms with Crippen molar-refractivity contribution in [2.24, 2.45) is 5.10 Å². The summed E-state index contributed by atoms with van der Waals surface area (Å²) in [4.78, 5) is 19.3. The molecule has 0 aliphatic heterocycles. The average Bonchev–Trinajstić information content (AvgIpc) is 2.89. The summed E-state index contributed by atoms with van der Waals surface area (Å²) in [7, 11) is 0. The van der Waals surface area contributed by atoms with Crippen molar-refractivity contribution in [1.29, 1.82) is 5.26 Å². The first-order valence-corrected chi connectivity index (χ1v) is 11.9. The number of benzene rings is 3. The Bertz CT molecular complexity index is 1460. The molecular formula is C27H22BrN5O3. The third kappa shape index (κ3) is 6.17. The molecule has 1 heterocycles. The van der Waals surface area contributed by atoms with E-state index >= 15 is 0 Å². The van der Waals surface area contributed by atoms with Crippen LogP contribution >= 0.6 is 15.9 Å². The Labute approximate surface area is 216 Å². The first-order chi connectivity index (χ1) is 17.6. The van der Waals surface area contributed by atoms with Gasteiger partial charge in [-0.3, -0.25) is 9.78 Å². The quantitative estimate of drug-likeness (QED) is 0.213. The van der Waals surface area contributed by atoms with Crippen molar-refractivity contribution in [2.75, 3.05) is 12.0 Å². The van der Waals surface area contributed by atoms with Crippen LogP contribution in [0.1, 0.15) is 23.6 Å². The third-order valence-corrected chi connectivity index (χ3v) is 5.57. The Hall–Kier alpha value is -4.42. The summed E-state index contributed by atoms with van der Waals surface area (Å²) in [5, 5.41) is 13.6. The number of aromatic amines is 1. The number of nitriles is 1. The van der Waals surface area contributed by atoms with Crippen LogP contribution < -0.4 is 20.5 Å². The van der Waals surface area contributed by atoms with Crippen LogP contribution in [-0.4, -0.2) is 22.8 Å². The molecule has 0 unspecified atom stereocenters. The lowest BCUT2D eigenvalue weighted by atomic mass is 10.1. The van der Waals surface area contributed by atoms with Gasteiger partial charge in [0, 0.05) is 10.0 Å². The molecule has 0 atom stereocenters. The largest absolute Gasteiger partial charge is 0.490 e. The van der Waals surface area contributed by atoms with Crippen LogP contribution in [0.15, 0.2) is 87.2 Å². The van der Waals surface area contributed by atoms with Crippen LogP contribution in [0, 0.1) is 11.3 Å². The summed E-state index contributed by atoms with van der Waals surface area (Å²) >= 11 is 3.43. The molecule has 0 amide bonds. The van der Waals surface area contributed by atoms with Gasteiger partial charge in [-0.2, -0.15) is 10.4 Å². The zero-order valence-electron chi connectivity index (χ0n) is 19.4. The fraction of sp³-hybridized carbons (Fsp3) is 0.111. The highest BCUT2D eigenvalue weighted by Gasteiger charge is 2.13. The first kappa shape index (κ1) is 24.7. The maximum atomic E-state index is 12.4. The molecule has 4 aromatic rings. The van der Waals surface area contributed by atoms with Crippen LogP contribution in [0.5, 0.6) is 11.5 Å². The van der Waals surface area contributed by atoms with Crippen LogP contribution in [0.3, 0.4) is 0 Å². The number of hydrazone groups is 1. The number of H-pyrrole nitrogens is 1. The SMILES string of the molecule is CCOc1cc(C=NNc2nc(-c3ccccc3)c(C#N)c(=O)[nH]2)ccc1OCc1ccc(Br)cc1. The predicted octanol–water partition coefficient (Wildman–Crippen LogP) is 5.49. The number of halogens is 1. The van der Waals surface area contributed by atoms with Gasteiger partial charge in [0.1, 0.15) is 18.2 Å². The minimum Gasteiger partial charge on any atom is -0.490 e. The van der Waals surface area contributed by atoms with E-state index in [-0.39, 0.29) is 17.2 Å². The highest BCUT2D eigenvalue weighted by atomic mass is 79.9. The minimum absolute atomic E-state index is 0.0594. The Morgan fingerprint density at radius 2 is 1.86 bits per heavy atom. The summed E-state index contributed by atoms with van der Waals surface area (Å²) in [5.41, 5.74) is 4.85. The highest BCUT2D eigenvalue weighted by molar-refractivity contribution is 9.10. The standard InChI is InChI=1S/C27H22BrN5O3/c1-2-35-24-14-19(10-13-23(24)36-17-18-8-11-21(28)12-9-18)16-30-33-27-31-25(20-6-4-3-5-7-20)22(15-29)26(34)32-27/h3-14,16H,2,17H2,1H3,(H2,31,32,33,34). The molecule has 0 radical (unpaired) electrons. The van der Waals surface area contributed by atoms with Gasteiger partial charge in [0.05, 0.1) is 18.5 Å². The molecule has 9 heteroatoms. The molecule has 0 aliphatic rings. The second-order valence-corrected chi connectivity index (χ2v) is 8.46. The van der Waals surface area contributed by atoms with Crippen molar-refractivity contribution < 1.29 is 9.47 Å². The van der Waals surface area contributed by atoms with Crippen LogP contribution in [0.25, 0.3) is 11.3 Å².